The van der Waals surface area contributed by atoms with E-state index in [1.807, 2.05) is 6.07 Å². The summed E-state index contributed by atoms with van der Waals surface area (Å²) in [6.07, 6.45) is 0.527. The summed E-state index contributed by atoms with van der Waals surface area (Å²) in [6, 6.07) is 8.21. The lowest BCUT2D eigenvalue weighted by molar-refractivity contribution is -0.903. The summed E-state index contributed by atoms with van der Waals surface area (Å²) >= 11 is 0. The zero-order chi connectivity index (χ0) is 16.2. The molecule has 0 unspecified atom stereocenters. The van der Waals surface area contributed by atoms with Gasteiger partial charge in [0, 0.05) is 0 Å². The molecule has 1 aliphatic heterocycles. The number of carbonyl (C=O) groups is 1. The summed E-state index contributed by atoms with van der Waals surface area (Å²) in [4.78, 5) is 12.3. The lowest BCUT2D eigenvalue weighted by atomic mass is 10.2. The van der Waals surface area contributed by atoms with Gasteiger partial charge in [0.05, 0.1) is 49.6 Å². The van der Waals surface area contributed by atoms with Crippen LogP contribution in [0, 0.1) is 11.3 Å². The number of sulfonamides is 1. The van der Waals surface area contributed by atoms with Crippen LogP contribution in [0.4, 0.5) is 0 Å². The van der Waals surface area contributed by atoms with Gasteiger partial charge in [-0.2, -0.15) is 9.57 Å². The highest BCUT2D eigenvalue weighted by atomic mass is 32.2. The number of nitrogens with one attached hydrogen (secondary N) is 1. The van der Waals surface area contributed by atoms with Gasteiger partial charge >= 0.3 is 0 Å². The van der Waals surface area contributed by atoms with Crippen molar-refractivity contribution in [1.29, 1.82) is 5.26 Å². The van der Waals surface area contributed by atoms with E-state index < -0.39 is 10.0 Å². The Morgan fingerprint density at radius 2 is 1.95 bits per heavy atom. The molecule has 0 atom stereocenters. The van der Waals surface area contributed by atoms with Gasteiger partial charge in [-0.05, 0) is 19.1 Å². The third-order valence-electron chi connectivity index (χ3n) is 3.89. The van der Waals surface area contributed by atoms with Gasteiger partial charge in [-0.15, -0.1) is 0 Å². The van der Waals surface area contributed by atoms with Gasteiger partial charge in [0.1, 0.15) is 11.9 Å². The average Bonchev–Trinajstić information content (AvgIpc) is 2.53. The second-order valence-corrected chi connectivity index (χ2v) is 7.37. The van der Waals surface area contributed by atoms with Crippen LogP contribution < -0.4 is 4.90 Å². The van der Waals surface area contributed by atoms with E-state index in [0.717, 1.165) is 6.54 Å². The Balaban J connectivity index is 2.07. The molecule has 1 aromatic carbocycles. The molecule has 0 saturated carbocycles. The van der Waals surface area contributed by atoms with Crippen LogP contribution in [-0.4, -0.2) is 51.2 Å². The van der Waals surface area contributed by atoms with E-state index >= 15 is 0 Å². The summed E-state index contributed by atoms with van der Waals surface area (Å²) in [5, 5.41) is 9.08. The lowest BCUT2D eigenvalue weighted by Gasteiger charge is -2.31. The third kappa shape index (κ3) is 3.71. The molecule has 0 radical (unpaired) electrons. The minimum atomic E-state index is -3.63. The summed E-state index contributed by atoms with van der Waals surface area (Å²) in [7, 11) is -3.63. The molecule has 1 heterocycles. The van der Waals surface area contributed by atoms with E-state index in [4.69, 9.17) is 5.26 Å². The van der Waals surface area contributed by atoms with E-state index in [9.17, 15) is 13.2 Å². The number of hydrogen-bond acceptors (Lipinski definition) is 4. The summed E-state index contributed by atoms with van der Waals surface area (Å²) in [6.45, 7) is 4.50. The van der Waals surface area contributed by atoms with Crippen LogP contribution in [0.2, 0.25) is 0 Å². The first kappa shape index (κ1) is 16.6. The SMILES string of the molecule is CC(=O)CC[NH+]1CCN(S(=O)(=O)c2ccccc2C#N)CC1. The van der Waals surface area contributed by atoms with Crippen LogP contribution >= 0.6 is 0 Å². The average molecular weight is 322 g/mol. The molecule has 0 aliphatic carbocycles. The van der Waals surface area contributed by atoms with Gasteiger partial charge in [-0.3, -0.25) is 4.79 Å². The van der Waals surface area contributed by atoms with E-state index in [2.05, 4.69) is 0 Å². The first-order valence-corrected chi connectivity index (χ1v) is 8.71. The number of nitriles is 1. The fourth-order valence-electron chi connectivity index (χ4n) is 2.57. The maximum Gasteiger partial charge on any atom is 0.244 e. The van der Waals surface area contributed by atoms with Crippen LogP contribution in [0.5, 0.6) is 0 Å². The number of Topliss-reactive ketones (excluding diaryl/α,β-unsaturated/α-hetero) is 1. The van der Waals surface area contributed by atoms with Crippen molar-refractivity contribution in [3.05, 3.63) is 29.8 Å². The van der Waals surface area contributed by atoms with Gasteiger partial charge in [0.25, 0.3) is 0 Å². The largest absolute Gasteiger partial charge is 0.332 e. The number of carbonyl (C=O) groups excluding carboxylic acids is 1. The topological polar surface area (TPSA) is 82.7 Å². The highest BCUT2D eigenvalue weighted by Gasteiger charge is 2.31. The first-order chi connectivity index (χ1) is 10.4. The van der Waals surface area contributed by atoms with Crippen molar-refractivity contribution in [2.45, 2.75) is 18.2 Å². The van der Waals surface area contributed by atoms with E-state index in [0.29, 0.717) is 32.6 Å². The van der Waals surface area contributed by atoms with Gasteiger partial charge in [-0.25, -0.2) is 8.42 Å². The summed E-state index contributed by atoms with van der Waals surface area (Å²) in [5.41, 5.74) is 0.175. The lowest BCUT2D eigenvalue weighted by Crippen LogP contribution is -3.14. The predicted octanol–water partition coefficient (Wildman–Crippen LogP) is -0.573. The van der Waals surface area contributed by atoms with Crippen molar-refractivity contribution in [3.63, 3.8) is 0 Å². The molecule has 1 aromatic rings. The van der Waals surface area contributed by atoms with Gasteiger partial charge in [-0.1, -0.05) is 12.1 Å². The molecule has 2 rings (SSSR count). The molecular formula is C15H20N3O3S+. The minimum Gasteiger partial charge on any atom is -0.332 e. The molecule has 0 spiro atoms. The molecule has 1 aliphatic rings. The molecule has 118 valence electrons. The monoisotopic (exact) mass is 322 g/mol. The fourth-order valence-corrected chi connectivity index (χ4v) is 4.15. The van der Waals surface area contributed by atoms with Crippen LogP contribution in [-0.2, 0) is 14.8 Å². The van der Waals surface area contributed by atoms with Crippen LogP contribution in [0.1, 0.15) is 18.9 Å². The second-order valence-electron chi connectivity index (χ2n) is 5.46. The van der Waals surface area contributed by atoms with Crippen LogP contribution in [0.25, 0.3) is 0 Å². The van der Waals surface area contributed by atoms with E-state index in [-0.39, 0.29) is 16.2 Å². The standard InChI is InChI=1S/C15H19N3O3S/c1-13(19)6-7-17-8-10-18(11-9-17)22(20,21)15-5-3-2-4-14(15)12-16/h2-5H,6-11H2,1H3/p+1. The highest BCUT2D eigenvalue weighted by molar-refractivity contribution is 7.89. The number of hydrogen-bond donors (Lipinski definition) is 1. The Morgan fingerprint density at radius 1 is 1.32 bits per heavy atom. The van der Waals surface area contributed by atoms with E-state index in [1.54, 1.807) is 19.1 Å². The molecule has 1 saturated heterocycles. The van der Waals surface area contributed by atoms with Crippen molar-refractivity contribution >= 4 is 15.8 Å². The first-order valence-electron chi connectivity index (χ1n) is 7.27. The molecular weight excluding hydrogens is 302 g/mol. The minimum absolute atomic E-state index is 0.0738. The van der Waals surface area contributed by atoms with Crippen molar-refractivity contribution in [3.8, 4) is 6.07 Å². The molecule has 1 N–H and O–H groups in total. The number of rotatable bonds is 5. The maximum atomic E-state index is 12.7. The Morgan fingerprint density at radius 3 is 2.55 bits per heavy atom. The quantitative estimate of drug-likeness (QED) is 0.787. The number of benzene rings is 1. The molecule has 1 fully saturated rings. The predicted molar refractivity (Wildman–Crippen MR) is 80.8 cm³/mol. The zero-order valence-electron chi connectivity index (χ0n) is 12.6. The number of ketones is 1. The third-order valence-corrected chi connectivity index (χ3v) is 5.84. The zero-order valence-corrected chi connectivity index (χ0v) is 13.4. The van der Waals surface area contributed by atoms with Crippen LogP contribution in [0.3, 0.4) is 0 Å². The fraction of sp³-hybridized carbons (Fsp3) is 0.467. The normalized spacial score (nSPS) is 17.1. The molecule has 7 heteroatoms. The van der Waals surface area contributed by atoms with Gasteiger partial charge < -0.3 is 4.90 Å². The Labute approximate surface area is 131 Å². The van der Waals surface area contributed by atoms with Crippen molar-refractivity contribution in [1.82, 2.24) is 4.31 Å². The highest BCUT2D eigenvalue weighted by Crippen LogP contribution is 2.19. The Hall–Kier alpha value is -1.75. The molecule has 0 aromatic heterocycles. The summed E-state index contributed by atoms with van der Waals surface area (Å²) in [5.74, 6) is 0.158. The Kier molecular flexibility index (Phi) is 5.29. The molecule has 6 nitrogen and oxygen atoms in total. The second kappa shape index (κ2) is 7.01. The van der Waals surface area contributed by atoms with Crippen molar-refractivity contribution in [2.75, 3.05) is 32.7 Å². The molecule has 22 heavy (non-hydrogen) atoms. The maximum absolute atomic E-state index is 12.7. The Bertz CT molecular complexity index is 686. The van der Waals surface area contributed by atoms with Gasteiger partial charge in [0.2, 0.25) is 10.0 Å². The smallest absolute Gasteiger partial charge is 0.244 e. The van der Waals surface area contributed by atoms with Crippen molar-refractivity contribution in [2.24, 2.45) is 0 Å². The number of nitrogens with zero attached hydrogens (tertiary/aromatic N) is 2. The summed E-state index contributed by atoms with van der Waals surface area (Å²) < 4.78 is 26.7. The molecule has 0 bridgehead atoms. The number of quaternary nitrogens is 1. The molecule has 0 amide bonds. The van der Waals surface area contributed by atoms with Gasteiger partial charge in [0.15, 0.2) is 0 Å². The van der Waals surface area contributed by atoms with E-state index in [1.165, 1.54) is 21.3 Å². The van der Waals surface area contributed by atoms with Crippen molar-refractivity contribution < 1.29 is 18.1 Å². The number of piperazine rings is 1. The van der Waals surface area contributed by atoms with Crippen LogP contribution in [0.15, 0.2) is 29.2 Å².